The second kappa shape index (κ2) is 12.0. The summed E-state index contributed by atoms with van der Waals surface area (Å²) in [6.07, 6.45) is 5.51. The summed E-state index contributed by atoms with van der Waals surface area (Å²) in [4.78, 5) is 16.9. The van der Waals surface area contributed by atoms with Crippen LogP contribution in [0.1, 0.15) is 42.5 Å². The average molecular weight is 494 g/mol. The van der Waals surface area contributed by atoms with Crippen molar-refractivity contribution in [1.82, 2.24) is 14.6 Å². The van der Waals surface area contributed by atoms with Crippen molar-refractivity contribution in [2.75, 3.05) is 13.1 Å². The van der Waals surface area contributed by atoms with Crippen LogP contribution in [0.4, 0.5) is 0 Å². The number of rotatable bonds is 10. The van der Waals surface area contributed by atoms with E-state index < -0.39 is 10.0 Å². The van der Waals surface area contributed by atoms with Crippen LogP contribution in [0.2, 0.25) is 0 Å². The molecule has 1 N–H and O–H groups in total. The van der Waals surface area contributed by atoms with Crippen LogP contribution in [0.3, 0.4) is 0 Å². The summed E-state index contributed by atoms with van der Waals surface area (Å²) in [5.41, 5.74) is 2.73. The highest BCUT2D eigenvalue weighted by molar-refractivity contribution is 7.89. The molecule has 2 aromatic carbocycles. The molecule has 0 saturated carbocycles. The highest BCUT2D eigenvalue weighted by atomic mass is 32.2. The molecule has 1 amide bonds. The van der Waals surface area contributed by atoms with Gasteiger partial charge in [0.1, 0.15) is 12.4 Å². The number of carbonyl (C=O) groups is 1. The van der Waals surface area contributed by atoms with Gasteiger partial charge in [-0.3, -0.25) is 9.78 Å². The SMILES string of the molecule is O=C(CCc1ccc(S(=O)(=O)N2CCCCC2)cc1)NCc1cccc(OCc2ccccn2)c1. The van der Waals surface area contributed by atoms with Gasteiger partial charge in [0.05, 0.1) is 10.6 Å². The van der Waals surface area contributed by atoms with Crippen LogP contribution in [-0.2, 0) is 34.4 Å². The molecule has 0 atom stereocenters. The molecule has 8 heteroatoms. The third kappa shape index (κ3) is 7.13. The average Bonchev–Trinajstić information content (AvgIpc) is 2.91. The number of pyridine rings is 1. The summed E-state index contributed by atoms with van der Waals surface area (Å²) >= 11 is 0. The van der Waals surface area contributed by atoms with Crippen LogP contribution in [-0.4, -0.2) is 36.7 Å². The van der Waals surface area contributed by atoms with Crippen molar-refractivity contribution < 1.29 is 17.9 Å². The molecule has 4 rings (SSSR count). The van der Waals surface area contributed by atoms with Crippen molar-refractivity contribution in [3.8, 4) is 5.75 Å². The van der Waals surface area contributed by atoms with E-state index in [1.807, 2.05) is 42.5 Å². The van der Waals surface area contributed by atoms with Gasteiger partial charge in [0.15, 0.2) is 0 Å². The summed E-state index contributed by atoms with van der Waals surface area (Å²) < 4.78 is 32.9. The molecule has 3 aromatic rings. The molecular formula is C27H31N3O4S. The zero-order chi connectivity index (χ0) is 24.5. The molecular weight excluding hydrogens is 462 g/mol. The number of nitrogens with zero attached hydrogens (tertiary/aromatic N) is 2. The number of aromatic nitrogens is 1. The monoisotopic (exact) mass is 493 g/mol. The van der Waals surface area contributed by atoms with E-state index in [9.17, 15) is 13.2 Å². The van der Waals surface area contributed by atoms with Crippen LogP contribution in [0.25, 0.3) is 0 Å². The van der Waals surface area contributed by atoms with Crippen LogP contribution in [0.15, 0.2) is 77.8 Å². The standard InChI is InChI=1S/C27H31N3O4S/c31-27(29-20-23-7-6-9-25(19-23)34-21-24-8-2-3-16-28-24)15-12-22-10-13-26(14-11-22)35(32,33)30-17-4-1-5-18-30/h2-3,6-11,13-14,16,19H,1,4-5,12,15,17-18,20-21H2,(H,29,31). The number of nitrogens with one attached hydrogen (secondary N) is 1. The lowest BCUT2D eigenvalue weighted by Gasteiger charge is -2.25. The Kier molecular flexibility index (Phi) is 8.50. The quantitative estimate of drug-likeness (QED) is 0.460. The highest BCUT2D eigenvalue weighted by Crippen LogP contribution is 2.21. The van der Waals surface area contributed by atoms with Gasteiger partial charge in [0.25, 0.3) is 0 Å². The fourth-order valence-corrected chi connectivity index (χ4v) is 5.53. The summed E-state index contributed by atoms with van der Waals surface area (Å²) in [6, 6.07) is 20.2. The fraction of sp³-hybridized carbons (Fsp3) is 0.333. The Hall–Kier alpha value is -3.23. The lowest BCUT2D eigenvalue weighted by atomic mass is 10.1. The van der Waals surface area contributed by atoms with Crippen molar-refractivity contribution >= 4 is 15.9 Å². The summed E-state index contributed by atoms with van der Waals surface area (Å²) in [5, 5.41) is 2.94. The van der Waals surface area contributed by atoms with Gasteiger partial charge < -0.3 is 10.1 Å². The number of carbonyl (C=O) groups excluding carboxylic acids is 1. The predicted molar refractivity (Wildman–Crippen MR) is 134 cm³/mol. The first-order valence-corrected chi connectivity index (χ1v) is 13.4. The van der Waals surface area contributed by atoms with Gasteiger partial charge in [0.2, 0.25) is 15.9 Å². The van der Waals surface area contributed by atoms with E-state index in [0.717, 1.165) is 41.8 Å². The normalized spacial score (nSPS) is 14.4. The lowest BCUT2D eigenvalue weighted by Crippen LogP contribution is -2.35. The zero-order valence-electron chi connectivity index (χ0n) is 19.7. The Morgan fingerprint density at radius 3 is 2.49 bits per heavy atom. The summed E-state index contributed by atoms with van der Waals surface area (Å²) in [7, 11) is -3.43. The first-order chi connectivity index (χ1) is 17.0. The van der Waals surface area contributed by atoms with Gasteiger partial charge in [-0.05, 0) is 66.8 Å². The molecule has 1 aliphatic heterocycles. The van der Waals surface area contributed by atoms with E-state index >= 15 is 0 Å². The first kappa shape index (κ1) is 24.9. The van der Waals surface area contributed by atoms with Crippen LogP contribution < -0.4 is 10.1 Å². The van der Waals surface area contributed by atoms with Gasteiger partial charge in [-0.15, -0.1) is 0 Å². The topological polar surface area (TPSA) is 88.6 Å². The van der Waals surface area contributed by atoms with Gasteiger partial charge in [-0.2, -0.15) is 4.31 Å². The summed E-state index contributed by atoms with van der Waals surface area (Å²) in [5.74, 6) is 0.664. The molecule has 0 aliphatic carbocycles. The minimum Gasteiger partial charge on any atom is -0.487 e. The minimum atomic E-state index is -3.43. The van der Waals surface area contributed by atoms with E-state index in [-0.39, 0.29) is 5.91 Å². The lowest BCUT2D eigenvalue weighted by molar-refractivity contribution is -0.121. The van der Waals surface area contributed by atoms with Crippen molar-refractivity contribution in [3.63, 3.8) is 0 Å². The van der Waals surface area contributed by atoms with Gasteiger partial charge in [-0.1, -0.05) is 36.8 Å². The van der Waals surface area contributed by atoms with Gasteiger partial charge in [-0.25, -0.2) is 8.42 Å². The van der Waals surface area contributed by atoms with Crippen molar-refractivity contribution in [3.05, 3.63) is 89.7 Å². The Morgan fingerprint density at radius 2 is 1.74 bits per heavy atom. The fourth-order valence-electron chi connectivity index (χ4n) is 4.02. The minimum absolute atomic E-state index is 0.0604. The number of hydrogen-bond donors (Lipinski definition) is 1. The predicted octanol–water partition coefficient (Wildman–Crippen LogP) is 4.08. The summed E-state index contributed by atoms with van der Waals surface area (Å²) in [6.45, 7) is 1.97. The number of piperidine rings is 1. The molecule has 1 saturated heterocycles. The zero-order valence-corrected chi connectivity index (χ0v) is 20.5. The molecule has 184 valence electrons. The molecule has 35 heavy (non-hydrogen) atoms. The Balaban J connectivity index is 1.23. The second-order valence-corrected chi connectivity index (χ2v) is 10.6. The molecule has 0 unspecified atom stereocenters. The number of sulfonamides is 1. The molecule has 1 fully saturated rings. The third-order valence-electron chi connectivity index (χ3n) is 6.02. The van der Waals surface area contributed by atoms with E-state index in [2.05, 4.69) is 10.3 Å². The van der Waals surface area contributed by atoms with Gasteiger partial charge >= 0.3 is 0 Å². The number of ether oxygens (including phenoxy) is 1. The van der Waals surface area contributed by atoms with Crippen molar-refractivity contribution in [2.24, 2.45) is 0 Å². The Bertz CT molecular complexity index is 1210. The Morgan fingerprint density at radius 1 is 0.943 bits per heavy atom. The van der Waals surface area contributed by atoms with E-state index in [4.69, 9.17) is 4.74 Å². The molecule has 2 heterocycles. The third-order valence-corrected chi connectivity index (χ3v) is 7.93. The number of benzene rings is 2. The molecule has 0 radical (unpaired) electrons. The maximum Gasteiger partial charge on any atom is 0.243 e. The molecule has 1 aliphatic rings. The second-order valence-electron chi connectivity index (χ2n) is 8.64. The molecule has 7 nitrogen and oxygen atoms in total. The number of hydrogen-bond acceptors (Lipinski definition) is 5. The molecule has 0 bridgehead atoms. The van der Waals surface area contributed by atoms with E-state index in [0.29, 0.717) is 44.0 Å². The van der Waals surface area contributed by atoms with Crippen LogP contribution in [0.5, 0.6) is 5.75 Å². The van der Waals surface area contributed by atoms with E-state index in [1.165, 1.54) is 0 Å². The number of aryl methyl sites for hydroxylation is 1. The Labute approximate surface area is 207 Å². The molecule has 0 spiro atoms. The molecule has 1 aromatic heterocycles. The van der Waals surface area contributed by atoms with Gasteiger partial charge in [0, 0.05) is 32.3 Å². The highest BCUT2D eigenvalue weighted by Gasteiger charge is 2.25. The smallest absolute Gasteiger partial charge is 0.243 e. The van der Waals surface area contributed by atoms with Crippen molar-refractivity contribution in [2.45, 2.75) is 50.2 Å². The van der Waals surface area contributed by atoms with E-state index in [1.54, 1.807) is 34.8 Å². The van der Waals surface area contributed by atoms with Crippen molar-refractivity contribution in [1.29, 1.82) is 0 Å². The van der Waals surface area contributed by atoms with Crippen LogP contribution in [0, 0.1) is 0 Å². The first-order valence-electron chi connectivity index (χ1n) is 12.0. The number of amides is 1. The van der Waals surface area contributed by atoms with Crippen LogP contribution >= 0.6 is 0 Å². The maximum atomic E-state index is 12.8. The maximum absolute atomic E-state index is 12.8. The largest absolute Gasteiger partial charge is 0.487 e.